The fourth-order valence-corrected chi connectivity index (χ4v) is 3.27. The number of aromatic nitrogens is 2. The van der Waals surface area contributed by atoms with Crippen molar-refractivity contribution in [2.45, 2.75) is 13.8 Å². The van der Waals surface area contributed by atoms with E-state index in [1.165, 1.54) is 18.8 Å². The molecule has 0 aliphatic heterocycles. The molecule has 0 atom stereocenters. The highest BCUT2D eigenvalue weighted by molar-refractivity contribution is 5.85. The van der Waals surface area contributed by atoms with Crippen LogP contribution >= 0.6 is 0 Å². The smallest absolute Gasteiger partial charge is 0.325 e. The van der Waals surface area contributed by atoms with Crippen LogP contribution in [0.2, 0.25) is 0 Å². The van der Waals surface area contributed by atoms with Crippen molar-refractivity contribution in [2.24, 2.45) is 0 Å². The molecule has 35 heavy (non-hydrogen) atoms. The Morgan fingerprint density at radius 2 is 1.31 bits per heavy atom. The minimum atomic E-state index is -1.41. The predicted molar refractivity (Wildman–Crippen MR) is 121 cm³/mol. The molecule has 184 valence electrons. The minimum absolute atomic E-state index is 0.367. The molecule has 15 nitrogen and oxygen atoms in total. The van der Waals surface area contributed by atoms with Gasteiger partial charge in [-0.05, 0) is 31.9 Å². The van der Waals surface area contributed by atoms with Gasteiger partial charge in [0.1, 0.15) is 11.3 Å². The van der Waals surface area contributed by atoms with Gasteiger partial charge in [0.15, 0.2) is 0 Å². The number of benzene rings is 2. The van der Waals surface area contributed by atoms with Gasteiger partial charge < -0.3 is 15.0 Å². The summed E-state index contributed by atoms with van der Waals surface area (Å²) in [6.07, 6.45) is 0. The molecule has 2 aromatic carbocycles. The average Bonchev–Trinajstić information content (AvgIpc) is 2.80. The molecule has 0 radical (unpaired) electrons. The van der Waals surface area contributed by atoms with E-state index in [2.05, 4.69) is 44.2 Å². The molecule has 0 aliphatic carbocycles. The second-order valence-electron chi connectivity index (χ2n) is 6.92. The molecule has 0 bridgehead atoms. The Morgan fingerprint density at radius 1 is 0.800 bits per heavy atom. The monoisotopic (exact) mass is 488 g/mol. The first-order valence-electron chi connectivity index (χ1n) is 10.1. The Hall–Kier alpha value is -4.92. The van der Waals surface area contributed by atoms with Crippen LogP contribution in [0.15, 0.2) is 52.1 Å². The molecule has 3 N–H and O–H groups in total. The third-order valence-corrected chi connectivity index (χ3v) is 4.88. The van der Waals surface area contributed by atoms with Gasteiger partial charge in [0, 0.05) is 0 Å². The molecule has 1 aromatic heterocycles. The molecule has 3 aromatic rings. The third kappa shape index (κ3) is 6.11. The number of H-pyrrole nitrogens is 2. The van der Waals surface area contributed by atoms with E-state index in [4.69, 9.17) is 0 Å². The van der Waals surface area contributed by atoms with E-state index in [1.807, 2.05) is 0 Å². The summed E-state index contributed by atoms with van der Waals surface area (Å²) in [5, 5.41) is 44.8. The number of rotatable bonds is 7. The van der Waals surface area contributed by atoms with Gasteiger partial charge in [0.2, 0.25) is 0 Å². The number of aromatic amines is 2. The van der Waals surface area contributed by atoms with E-state index < -0.39 is 60.1 Å². The number of hydrogen-bond donors (Lipinski definition) is 3. The SMILES string of the molecule is CC[NH+](CC)c1ccccc1.O=c1[nH]c([O-])c(-c2c([N+](=O)[O-])cc([N+](=O)[O-])cc2[N+](=O)[O-])c(=O)[nH]1. The molecule has 0 unspecified atom stereocenters. The predicted octanol–water partition coefficient (Wildman–Crippen LogP) is 0.771. The number of para-hydroxylation sites is 1. The summed E-state index contributed by atoms with van der Waals surface area (Å²) in [4.78, 5) is 57.0. The number of nitrogens with one attached hydrogen (secondary N) is 3. The lowest BCUT2D eigenvalue weighted by atomic mass is 10.0. The van der Waals surface area contributed by atoms with E-state index in [9.17, 15) is 45.0 Å². The van der Waals surface area contributed by atoms with Gasteiger partial charge in [-0.3, -0.25) is 40.1 Å². The quantitative estimate of drug-likeness (QED) is 0.315. The topological polar surface area (TPSA) is 223 Å². The maximum atomic E-state index is 11.8. The average molecular weight is 488 g/mol. The van der Waals surface area contributed by atoms with E-state index in [-0.39, 0.29) is 0 Å². The molecular weight excluding hydrogens is 468 g/mol. The zero-order valence-electron chi connectivity index (χ0n) is 18.5. The number of nitro groups is 3. The van der Waals surface area contributed by atoms with Crippen molar-refractivity contribution in [2.75, 3.05) is 13.1 Å². The number of nitrogens with zero attached hydrogens (tertiary/aromatic N) is 3. The Kier molecular flexibility index (Phi) is 8.49. The van der Waals surface area contributed by atoms with Crippen LogP contribution in [-0.4, -0.2) is 37.8 Å². The summed E-state index contributed by atoms with van der Waals surface area (Å²) in [6, 6.07) is 11.4. The van der Waals surface area contributed by atoms with Crippen molar-refractivity contribution in [3.8, 4) is 17.0 Å². The van der Waals surface area contributed by atoms with Gasteiger partial charge in [-0.1, -0.05) is 18.2 Å². The minimum Gasteiger partial charge on any atom is -0.860 e. The highest BCUT2D eigenvalue weighted by Crippen LogP contribution is 2.41. The van der Waals surface area contributed by atoms with Gasteiger partial charge in [-0.15, -0.1) is 0 Å². The zero-order chi connectivity index (χ0) is 26.3. The number of hydrogen-bond acceptors (Lipinski definition) is 9. The fourth-order valence-electron chi connectivity index (χ4n) is 3.27. The first-order valence-corrected chi connectivity index (χ1v) is 10.1. The van der Waals surface area contributed by atoms with Crippen LogP contribution in [-0.2, 0) is 0 Å². The lowest BCUT2D eigenvalue weighted by Gasteiger charge is -2.13. The van der Waals surface area contributed by atoms with E-state index in [0.717, 1.165) is 0 Å². The summed E-state index contributed by atoms with van der Waals surface area (Å²) in [7, 11) is 0. The second kappa shape index (κ2) is 11.3. The number of quaternary nitrogens is 1. The lowest BCUT2D eigenvalue weighted by Crippen LogP contribution is -3.06. The molecule has 1 heterocycles. The first-order chi connectivity index (χ1) is 16.5. The number of nitro benzene ring substituents is 3. The zero-order valence-corrected chi connectivity index (χ0v) is 18.5. The van der Waals surface area contributed by atoms with Crippen LogP contribution in [0.4, 0.5) is 22.7 Å². The normalized spacial score (nSPS) is 10.4. The van der Waals surface area contributed by atoms with Crippen LogP contribution in [0.5, 0.6) is 5.88 Å². The summed E-state index contributed by atoms with van der Waals surface area (Å²) in [5.41, 5.74) is -6.75. The molecular formula is C20H20N6O9. The van der Waals surface area contributed by atoms with Gasteiger partial charge >= 0.3 is 5.69 Å². The summed E-state index contributed by atoms with van der Waals surface area (Å²) < 4.78 is 0. The van der Waals surface area contributed by atoms with E-state index >= 15 is 0 Å². The Balaban J connectivity index is 0.000000328. The van der Waals surface area contributed by atoms with Crippen molar-refractivity contribution in [1.29, 1.82) is 0 Å². The highest BCUT2D eigenvalue weighted by atomic mass is 16.6. The molecule has 0 fully saturated rings. The Morgan fingerprint density at radius 3 is 1.71 bits per heavy atom. The van der Waals surface area contributed by atoms with Crippen LogP contribution in [0, 0.1) is 30.3 Å². The summed E-state index contributed by atoms with van der Waals surface area (Å²) in [6.45, 7) is 6.76. The van der Waals surface area contributed by atoms with Crippen LogP contribution < -0.4 is 21.3 Å². The van der Waals surface area contributed by atoms with E-state index in [0.29, 0.717) is 12.1 Å². The van der Waals surface area contributed by atoms with Crippen LogP contribution in [0.1, 0.15) is 13.8 Å². The molecule has 15 heteroatoms. The lowest BCUT2D eigenvalue weighted by molar-refractivity contribution is -0.828. The molecule has 0 spiro atoms. The largest absolute Gasteiger partial charge is 0.860 e. The molecule has 0 saturated heterocycles. The first kappa shape index (κ1) is 26.3. The summed E-state index contributed by atoms with van der Waals surface area (Å²) in [5.74, 6) is -1.41. The van der Waals surface area contributed by atoms with Crippen molar-refractivity contribution >= 4 is 22.7 Å². The molecule has 3 rings (SSSR count). The molecule has 0 saturated carbocycles. The molecule has 0 amide bonds. The van der Waals surface area contributed by atoms with Crippen molar-refractivity contribution in [1.82, 2.24) is 9.97 Å². The Bertz CT molecular complexity index is 1330. The highest BCUT2D eigenvalue weighted by Gasteiger charge is 2.33. The number of non-ortho nitro benzene ring substituents is 1. The van der Waals surface area contributed by atoms with Gasteiger partial charge in [0.05, 0.1) is 45.6 Å². The Labute approximate surface area is 195 Å². The van der Waals surface area contributed by atoms with Gasteiger partial charge in [-0.2, -0.15) is 0 Å². The maximum Gasteiger partial charge on any atom is 0.325 e. The van der Waals surface area contributed by atoms with Crippen molar-refractivity contribution in [3.05, 3.63) is 93.6 Å². The summed E-state index contributed by atoms with van der Waals surface area (Å²) >= 11 is 0. The molecule has 0 aliphatic rings. The van der Waals surface area contributed by atoms with Crippen molar-refractivity contribution < 1.29 is 24.8 Å². The van der Waals surface area contributed by atoms with Crippen molar-refractivity contribution in [3.63, 3.8) is 0 Å². The van der Waals surface area contributed by atoms with E-state index in [1.54, 1.807) is 14.9 Å². The second-order valence-corrected chi connectivity index (χ2v) is 6.92. The van der Waals surface area contributed by atoms with Gasteiger partial charge in [-0.25, -0.2) is 4.79 Å². The van der Waals surface area contributed by atoms with Crippen LogP contribution in [0.25, 0.3) is 11.1 Å². The maximum absolute atomic E-state index is 11.8. The standard InChI is InChI=1S/C10H5N5O9.C10H15N/c16-8-7(9(17)12-10(18)11-8)6-4(14(21)22)1-3(13(19)20)2-5(6)15(23)24;1-3-11(4-2)10-8-6-5-7-9-10/h1-2H,(H3,11,12,16,17,18);5-9H,3-4H2,1-2H3. The third-order valence-electron chi connectivity index (χ3n) is 4.88. The fraction of sp³-hybridized carbons (Fsp3) is 0.200. The van der Waals surface area contributed by atoms with Gasteiger partial charge in [0.25, 0.3) is 22.6 Å². The van der Waals surface area contributed by atoms with Crippen LogP contribution in [0.3, 0.4) is 0 Å².